The van der Waals surface area contributed by atoms with Gasteiger partial charge in [-0.1, -0.05) is 54.1 Å². The maximum absolute atomic E-state index is 14.1. The quantitative estimate of drug-likeness (QED) is 0.229. The van der Waals surface area contributed by atoms with Gasteiger partial charge in [0.1, 0.15) is 17.8 Å². The van der Waals surface area contributed by atoms with Crippen molar-refractivity contribution in [1.29, 1.82) is 0 Å². The number of carbonyl (C=O) groups excluding carboxylic acids is 3. The molecule has 0 spiro atoms. The van der Waals surface area contributed by atoms with E-state index in [0.29, 0.717) is 35.0 Å². The molecule has 214 valence electrons. The summed E-state index contributed by atoms with van der Waals surface area (Å²) in [4.78, 5) is 47.3. The van der Waals surface area contributed by atoms with E-state index in [1.54, 1.807) is 48.4 Å². The number of imide groups is 1. The second kappa shape index (κ2) is 10.6. The average Bonchev–Trinajstić information content (AvgIpc) is 3.53. The van der Waals surface area contributed by atoms with Crippen LogP contribution in [-0.4, -0.2) is 40.9 Å². The SMILES string of the molecule is COc1ccc(C2c3[nH]c4ccccc4c3C[C@H]3C(=O)N(c4ccc(C(=O)NCc5ccc(Cl)cc5)cc4)C(=O)N23)cc1. The lowest BCUT2D eigenvalue weighted by Gasteiger charge is -2.36. The summed E-state index contributed by atoms with van der Waals surface area (Å²) in [6.45, 7) is 0.346. The molecular weight excluding hydrogens is 564 g/mol. The Morgan fingerprint density at radius 2 is 1.67 bits per heavy atom. The van der Waals surface area contributed by atoms with E-state index in [4.69, 9.17) is 16.3 Å². The van der Waals surface area contributed by atoms with Crippen LogP contribution in [0, 0.1) is 0 Å². The molecule has 3 heterocycles. The third-order valence-corrected chi connectivity index (χ3v) is 8.49. The number of nitrogens with one attached hydrogen (secondary N) is 2. The van der Waals surface area contributed by atoms with Gasteiger partial charge in [0, 0.05) is 40.1 Å². The van der Waals surface area contributed by atoms with E-state index in [0.717, 1.165) is 33.3 Å². The highest BCUT2D eigenvalue weighted by atomic mass is 35.5. The molecule has 2 atom stereocenters. The first-order valence-electron chi connectivity index (χ1n) is 14.0. The summed E-state index contributed by atoms with van der Waals surface area (Å²) in [6, 6.07) is 27.8. The predicted octanol–water partition coefficient (Wildman–Crippen LogP) is 6.24. The van der Waals surface area contributed by atoms with E-state index < -0.39 is 18.1 Å². The molecule has 0 radical (unpaired) electrons. The fraction of sp³-hybridized carbons (Fsp3) is 0.147. The van der Waals surface area contributed by atoms with E-state index in [-0.39, 0.29) is 11.8 Å². The monoisotopic (exact) mass is 590 g/mol. The average molecular weight is 591 g/mol. The van der Waals surface area contributed by atoms with Gasteiger partial charge in [-0.3, -0.25) is 14.5 Å². The van der Waals surface area contributed by atoms with Crippen LogP contribution in [-0.2, 0) is 17.8 Å². The number of para-hydroxylation sites is 1. The molecule has 4 aromatic carbocycles. The lowest BCUT2D eigenvalue weighted by molar-refractivity contribution is -0.120. The summed E-state index contributed by atoms with van der Waals surface area (Å²) in [5, 5.41) is 4.56. The zero-order valence-electron chi connectivity index (χ0n) is 23.2. The Kier molecular flexibility index (Phi) is 6.63. The summed E-state index contributed by atoms with van der Waals surface area (Å²) in [5.74, 6) is 0.151. The fourth-order valence-corrected chi connectivity index (χ4v) is 6.22. The van der Waals surface area contributed by atoms with Gasteiger partial charge in [0.25, 0.3) is 11.8 Å². The first kappa shape index (κ1) is 26.8. The molecule has 1 saturated heterocycles. The predicted molar refractivity (Wildman–Crippen MR) is 164 cm³/mol. The number of rotatable bonds is 6. The number of halogens is 1. The molecule has 0 bridgehead atoms. The van der Waals surface area contributed by atoms with Gasteiger partial charge in [0.2, 0.25) is 0 Å². The van der Waals surface area contributed by atoms with E-state index >= 15 is 0 Å². The molecule has 8 nitrogen and oxygen atoms in total. The molecule has 0 aliphatic carbocycles. The van der Waals surface area contributed by atoms with Crippen molar-refractivity contribution in [3.8, 4) is 5.75 Å². The zero-order chi connectivity index (χ0) is 29.7. The van der Waals surface area contributed by atoms with E-state index in [9.17, 15) is 14.4 Å². The number of H-pyrrole nitrogens is 1. The Morgan fingerprint density at radius 1 is 0.953 bits per heavy atom. The number of benzene rings is 4. The molecule has 2 aliphatic rings. The summed E-state index contributed by atoms with van der Waals surface area (Å²) >= 11 is 5.94. The van der Waals surface area contributed by atoms with Crippen LogP contribution in [0.2, 0.25) is 5.02 Å². The van der Waals surface area contributed by atoms with E-state index in [1.807, 2.05) is 60.7 Å². The maximum Gasteiger partial charge on any atom is 0.332 e. The lowest BCUT2D eigenvalue weighted by Crippen LogP contribution is -2.44. The van der Waals surface area contributed by atoms with E-state index in [2.05, 4.69) is 10.3 Å². The molecule has 4 amide bonds. The summed E-state index contributed by atoms with van der Waals surface area (Å²) < 4.78 is 5.36. The van der Waals surface area contributed by atoms with Gasteiger partial charge in [0.05, 0.1) is 12.8 Å². The molecule has 1 unspecified atom stereocenters. The highest BCUT2D eigenvalue weighted by Gasteiger charge is 2.53. The van der Waals surface area contributed by atoms with Crippen molar-refractivity contribution in [3.05, 3.63) is 130 Å². The number of aromatic nitrogens is 1. The van der Waals surface area contributed by atoms with Crippen molar-refractivity contribution < 1.29 is 19.1 Å². The van der Waals surface area contributed by atoms with Crippen LogP contribution < -0.4 is 15.0 Å². The minimum absolute atomic E-state index is 0.261. The van der Waals surface area contributed by atoms with Crippen molar-refractivity contribution in [2.75, 3.05) is 12.0 Å². The van der Waals surface area contributed by atoms with Crippen LogP contribution in [0.4, 0.5) is 10.5 Å². The molecule has 2 aliphatic heterocycles. The topological polar surface area (TPSA) is 94.7 Å². The Balaban J connectivity index is 1.19. The number of aromatic amines is 1. The Labute approximate surface area is 252 Å². The number of urea groups is 1. The first-order valence-corrected chi connectivity index (χ1v) is 14.3. The van der Waals surface area contributed by atoms with Crippen LogP contribution >= 0.6 is 11.6 Å². The Bertz CT molecular complexity index is 1870. The normalized spacial score (nSPS) is 17.6. The van der Waals surface area contributed by atoms with Gasteiger partial charge in [0.15, 0.2) is 0 Å². The number of hydrogen-bond acceptors (Lipinski definition) is 4. The Hall–Kier alpha value is -5.08. The lowest BCUT2D eigenvalue weighted by atomic mass is 9.89. The van der Waals surface area contributed by atoms with Gasteiger partial charge in [-0.15, -0.1) is 0 Å². The van der Waals surface area contributed by atoms with Crippen molar-refractivity contribution >= 4 is 46.0 Å². The van der Waals surface area contributed by atoms with Gasteiger partial charge in [-0.2, -0.15) is 0 Å². The fourth-order valence-electron chi connectivity index (χ4n) is 6.09. The van der Waals surface area contributed by atoms with Gasteiger partial charge < -0.3 is 15.0 Å². The smallest absolute Gasteiger partial charge is 0.332 e. The number of amides is 4. The minimum atomic E-state index is -0.673. The molecule has 0 saturated carbocycles. The third kappa shape index (κ3) is 4.60. The first-order chi connectivity index (χ1) is 20.9. The van der Waals surface area contributed by atoms with Crippen LogP contribution in [0.15, 0.2) is 97.1 Å². The highest BCUT2D eigenvalue weighted by molar-refractivity contribution is 6.30. The second-order valence-electron chi connectivity index (χ2n) is 10.7. The summed E-state index contributed by atoms with van der Waals surface area (Å²) in [5.41, 5.74) is 5.53. The number of nitrogens with zero attached hydrogens (tertiary/aromatic N) is 2. The molecule has 1 fully saturated rings. The van der Waals surface area contributed by atoms with Crippen LogP contribution in [0.1, 0.15) is 38.8 Å². The molecule has 43 heavy (non-hydrogen) atoms. The zero-order valence-corrected chi connectivity index (χ0v) is 24.0. The second-order valence-corrected chi connectivity index (χ2v) is 11.1. The van der Waals surface area contributed by atoms with Crippen LogP contribution in [0.3, 0.4) is 0 Å². The minimum Gasteiger partial charge on any atom is -0.497 e. The standard InChI is InChI=1S/C34H27ClN4O4/c1-43-25-16-10-21(11-17-25)31-30-27(26-4-2-3-5-28(26)37-30)18-29-33(41)38(34(42)39(29)31)24-14-8-22(9-15-24)32(40)36-19-20-6-12-23(35)13-7-20/h2-17,29,31,37H,18-19H2,1H3,(H,36,40)/t29-,31?/m0/s1. The van der Waals surface area contributed by atoms with E-state index in [1.165, 1.54) is 4.90 Å². The number of methoxy groups -OCH3 is 1. The van der Waals surface area contributed by atoms with Crippen molar-refractivity contribution in [1.82, 2.24) is 15.2 Å². The molecular formula is C34H27ClN4O4. The molecule has 9 heteroatoms. The van der Waals surface area contributed by atoms with Gasteiger partial charge in [-0.25, -0.2) is 9.69 Å². The summed E-state index contributed by atoms with van der Waals surface area (Å²) in [7, 11) is 1.61. The van der Waals surface area contributed by atoms with Gasteiger partial charge >= 0.3 is 6.03 Å². The maximum atomic E-state index is 14.1. The molecule has 2 N–H and O–H groups in total. The number of fused-ring (bicyclic) bond motifs is 4. The highest BCUT2D eigenvalue weighted by Crippen LogP contribution is 2.45. The molecule has 7 rings (SSSR count). The molecule has 1 aromatic heterocycles. The number of hydrogen-bond donors (Lipinski definition) is 2. The van der Waals surface area contributed by atoms with Crippen molar-refractivity contribution in [2.24, 2.45) is 0 Å². The third-order valence-electron chi connectivity index (χ3n) is 8.23. The summed E-state index contributed by atoms with van der Waals surface area (Å²) in [6.07, 6.45) is 0.401. The molecule has 5 aromatic rings. The van der Waals surface area contributed by atoms with Crippen molar-refractivity contribution in [3.63, 3.8) is 0 Å². The van der Waals surface area contributed by atoms with Crippen molar-refractivity contribution in [2.45, 2.75) is 25.0 Å². The number of carbonyl (C=O) groups is 3. The Morgan fingerprint density at radius 3 is 2.40 bits per heavy atom. The van der Waals surface area contributed by atoms with Gasteiger partial charge in [-0.05, 0) is 71.3 Å². The largest absolute Gasteiger partial charge is 0.497 e. The van der Waals surface area contributed by atoms with Crippen LogP contribution in [0.25, 0.3) is 10.9 Å². The van der Waals surface area contributed by atoms with Crippen LogP contribution in [0.5, 0.6) is 5.75 Å². The number of ether oxygens (including phenoxy) is 1. The number of anilines is 1.